The summed E-state index contributed by atoms with van der Waals surface area (Å²) < 4.78 is 18.1. The number of hydrogen-bond acceptors (Lipinski definition) is 2. The van der Waals surface area contributed by atoms with Gasteiger partial charge in [0.2, 0.25) is 5.91 Å². The molecule has 2 aromatic rings. The predicted molar refractivity (Wildman–Crippen MR) is 85.4 cm³/mol. The van der Waals surface area contributed by atoms with Crippen molar-refractivity contribution in [2.75, 3.05) is 13.2 Å². The molecule has 0 aliphatic rings. The summed E-state index contributed by atoms with van der Waals surface area (Å²) in [5.41, 5.74) is 0.852. The predicted octanol–water partition coefficient (Wildman–Crippen LogP) is 3.69. The highest BCUT2D eigenvalue weighted by Gasteiger charge is 1.97. The van der Waals surface area contributed by atoms with Crippen LogP contribution in [0.1, 0.15) is 5.56 Å². The van der Waals surface area contributed by atoms with Gasteiger partial charge in [-0.15, -0.1) is 0 Å². The molecule has 0 atom stereocenters. The van der Waals surface area contributed by atoms with Crippen molar-refractivity contribution in [1.29, 1.82) is 0 Å². The number of benzene rings is 2. The lowest BCUT2D eigenvalue weighted by Gasteiger charge is -2.06. The molecular formula is C17H15ClFNO2. The van der Waals surface area contributed by atoms with E-state index in [9.17, 15) is 9.18 Å². The Labute approximate surface area is 133 Å². The van der Waals surface area contributed by atoms with Crippen molar-refractivity contribution in [2.24, 2.45) is 0 Å². The Bertz CT molecular complexity index is 656. The van der Waals surface area contributed by atoms with Crippen molar-refractivity contribution >= 4 is 23.6 Å². The number of nitrogens with one attached hydrogen (secondary N) is 1. The van der Waals surface area contributed by atoms with E-state index in [4.69, 9.17) is 16.3 Å². The first-order chi connectivity index (χ1) is 10.6. The van der Waals surface area contributed by atoms with Gasteiger partial charge in [0.15, 0.2) is 0 Å². The van der Waals surface area contributed by atoms with Crippen LogP contribution < -0.4 is 10.1 Å². The largest absolute Gasteiger partial charge is 0.492 e. The molecule has 0 saturated heterocycles. The smallest absolute Gasteiger partial charge is 0.244 e. The van der Waals surface area contributed by atoms with E-state index in [1.165, 1.54) is 30.3 Å². The summed E-state index contributed by atoms with van der Waals surface area (Å²) in [5, 5.41) is 3.31. The lowest BCUT2D eigenvalue weighted by Crippen LogP contribution is -2.26. The maximum absolute atomic E-state index is 12.7. The molecule has 0 bridgehead atoms. The number of ether oxygens (including phenoxy) is 1. The Balaban J connectivity index is 1.70. The summed E-state index contributed by atoms with van der Waals surface area (Å²) in [6.07, 6.45) is 3.12. The van der Waals surface area contributed by atoms with Crippen LogP contribution in [0.25, 0.3) is 6.08 Å². The molecule has 0 spiro atoms. The van der Waals surface area contributed by atoms with Gasteiger partial charge in [0.1, 0.15) is 18.2 Å². The second-order valence-corrected chi connectivity index (χ2v) is 4.92. The standard InChI is InChI=1S/C17H15ClFNO2/c18-14-3-1-2-13(12-14)4-9-17(21)20-10-11-22-16-7-5-15(19)6-8-16/h1-9,12H,10-11H2,(H,20,21)/b9-4+. The molecule has 1 N–H and O–H groups in total. The Morgan fingerprint density at radius 2 is 2.00 bits per heavy atom. The van der Waals surface area contributed by atoms with Gasteiger partial charge in [-0.1, -0.05) is 23.7 Å². The summed E-state index contributed by atoms with van der Waals surface area (Å²) in [7, 11) is 0. The maximum Gasteiger partial charge on any atom is 0.244 e. The van der Waals surface area contributed by atoms with Crippen LogP contribution in [0.5, 0.6) is 5.75 Å². The average Bonchev–Trinajstić information content (AvgIpc) is 2.51. The molecule has 22 heavy (non-hydrogen) atoms. The van der Waals surface area contributed by atoms with Crippen LogP contribution in [0.15, 0.2) is 54.6 Å². The van der Waals surface area contributed by atoms with Crippen LogP contribution in [-0.4, -0.2) is 19.1 Å². The molecule has 0 radical (unpaired) electrons. The number of amides is 1. The molecule has 0 fully saturated rings. The molecule has 5 heteroatoms. The van der Waals surface area contributed by atoms with E-state index in [0.29, 0.717) is 23.9 Å². The second kappa shape index (κ2) is 8.20. The Morgan fingerprint density at radius 1 is 1.23 bits per heavy atom. The fourth-order valence-electron chi connectivity index (χ4n) is 1.72. The Kier molecular flexibility index (Phi) is 5.98. The van der Waals surface area contributed by atoms with Crippen LogP contribution in [-0.2, 0) is 4.79 Å². The van der Waals surface area contributed by atoms with Crippen LogP contribution in [0.4, 0.5) is 4.39 Å². The van der Waals surface area contributed by atoms with Gasteiger partial charge in [-0.3, -0.25) is 4.79 Å². The van der Waals surface area contributed by atoms with Gasteiger partial charge >= 0.3 is 0 Å². The minimum Gasteiger partial charge on any atom is -0.492 e. The molecule has 114 valence electrons. The van der Waals surface area contributed by atoms with Gasteiger partial charge in [0.05, 0.1) is 6.54 Å². The van der Waals surface area contributed by atoms with Gasteiger partial charge in [-0.2, -0.15) is 0 Å². The van der Waals surface area contributed by atoms with Crippen molar-refractivity contribution in [3.05, 3.63) is 71.0 Å². The van der Waals surface area contributed by atoms with E-state index < -0.39 is 0 Å². The summed E-state index contributed by atoms with van der Waals surface area (Å²) in [6, 6.07) is 12.9. The number of carbonyl (C=O) groups is 1. The number of halogens is 2. The topological polar surface area (TPSA) is 38.3 Å². The van der Waals surface area contributed by atoms with Crippen LogP contribution in [0, 0.1) is 5.82 Å². The first kappa shape index (κ1) is 16.0. The first-order valence-electron chi connectivity index (χ1n) is 6.73. The average molecular weight is 320 g/mol. The van der Waals surface area contributed by atoms with Gasteiger partial charge in [0, 0.05) is 11.1 Å². The number of carbonyl (C=O) groups excluding carboxylic acids is 1. The number of hydrogen-bond donors (Lipinski definition) is 1. The van der Waals surface area contributed by atoms with E-state index in [0.717, 1.165) is 5.56 Å². The number of rotatable bonds is 6. The molecule has 2 rings (SSSR count). The van der Waals surface area contributed by atoms with Crippen molar-refractivity contribution in [2.45, 2.75) is 0 Å². The SMILES string of the molecule is O=C(/C=C/c1cccc(Cl)c1)NCCOc1ccc(F)cc1. The van der Waals surface area contributed by atoms with Crippen molar-refractivity contribution in [3.63, 3.8) is 0 Å². The highest BCUT2D eigenvalue weighted by atomic mass is 35.5. The van der Waals surface area contributed by atoms with E-state index in [1.54, 1.807) is 18.2 Å². The summed E-state index contributed by atoms with van der Waals surface area (Å²) in [6.45, 7) is 0.665. The fourth-order valence-corrected chi connectivity index (χ4v) is 1.91. The highest BCUT2D eigenvalue weighted by molar-refractivity contribution is 6.30. The Hall–Kier alpha value is -2.33. The van der Waals surface area contributed by atoms with Crippen LogP contribution in [0.3, 0.4) is 0 Å². The zero-order chi connectivity index (χ0) is 15.8. The molecule has 2 aromatic carbocycles. The van der Waals surface area contributed by atoms with E-state index >= 15 is 0 Å². The van der Waals surface area contributed by atoms with E-state index in [-0.39, 0.29) is 11.7 Å². The van der Waals surface area contributed by atoms with Crippen LogP contribution in [0.2, 0.25) is 5.02 Å². The van der Waals surface area contributed by atoms with Gasteiger partial charge in [0.25, 0.3) is 0 Å². The summed E-state index contributed by atoms with van der Waals surface area (Å²) in [5.74, 6) is 0.0274. The molecule has 0 saturated carbocycles. The molecule has 0 aliphatic heterocycles. The van der Waals surface area contributed by atoms with Gasteiger partial charge in [-0.25, -0.2) is 4.39 Å². The molecule has 0 heterocycles. The van der Waals surface area contributed by atoms with E-state index in [2.05, 4.69) is 5.32 Å². The molecule has 1 amide bonds. The molecule has 0 aromatic heterocycles. The van der Waals surface area contributed by atoms with Gasteiger partial charge < -0.3 is 10.1 Å². The maximum atomic E-state index is 12.7. The third kappa shape index (κ3) is 5.58. The molecule has 3 nitrogen and oxygen atoms in total. The van der Waals surface area contributed by atoms with Crippen molar-refractivity contribution < 1.29 is 13.9 Å². The lowest BCUT2D eigenvalue weighted by molar-refractivity contribution is -0.116. The molecule has 0 aliphatic carbocycles. The minimum absolute atomic E-state index is 0.220. The second-order valence-electron chi connectivity index (χ2n) is 4.48. The summed E-state index contributed by atoms with van der Waals surface area (Å²) in [4.78, 5) is 11.6. The minimum atomic E-state index is -0.313. The normalized spacial score (nSPS) is 10.6. The fraction of sp³-hybridized carbons (Fsp3) is 0.118. The van der Waals surface area contributed by atoms with Gasteiger partial charge in [-0.05, 0) is 48.0 Å². The lowest BCUT2D eigenvalue weighted by atomic mass is 10.2. The summed E-state index contributed by atoms with van der Waals surface area (Å²) >= 11 is 5.86. The van der Waals surface area contributed by atoms with E-state index in [1.807, 2.05) is 12.1 Å². The Morgan fingerprint density at radius 3 is 2.73 bits per heavy atom. The van der Waals surface area contributed by atoms with Crippen molar-refractivity contribution in [1.82, 2.24) is 5.32 Å². The third-order valence-electron chi connectivity index (χ3n) is 2.76. The highest BCUT2D eigenvalue weighted by Crippen LogP contribution is 2.12. The van der Waals surface area contributed by atoms with Crippen LogP contribution >= 0.6 is 11.6 Å². The first-order valence-corrected chi connectivity index (χ1v) is 7.11. The zero-order valence-electron chi connectivity index (χ0n) is 11.8. The quantitative estimate of drug-likeness (QED) is 0.651. The molecular weight excluding hydrogens is 305 g/mol. The van der Waals surface area contributed by atoms with Crippen molar-refractivity contribution in [3.8, 4) is 5.75 Å². The monoisotopic (exact) mass is 319 g/mol. The zero-order valence-corrected chi connectivity index (χ0v) is 12.5. The molecule has 0 unspecified atom stereocenters. The third-order valence-corrected chi connectivity index (χ3v) is 2.99.